The molecule has 0 radical (unpaired) electrons. The third-order valence-corrected chi connectivity index (χ3v) is 7.43. The zero-order valence-corrected chi connectivity index (χ0v) is 19.8. The van der Waals surface area contributed by atoms with Gasteiger partial charge in [-0.15, -0.1) is 0 Å². The van der Waals surface area contributed by atoms with Crippen molar-refractivity contribution in [2.24, 2.45) is 5.92 Å². The predicted octanol–water partition coefficient (Wildman–Crippen LogP) is 2.57. The summed E-state index contributed by atoms with van der Waals surface area (Å²) in [5, 5.41) is 3.01. The minimum absolute atomic E-state index is 0.00827. The Hall–Kier alpha value is -2.61. The lowest BCUT2D eigenvalue weighted by Gasteiger charge is -2.45. The molecule has 2 heterocycles. The molecular weight excluding hydrogens is 422 g/mol. The van der Waals surface area contributed by atoms with Gasteiger partial charge in [-0.25, -0.2) is 0 Å². The summed E-state index contributed by atoms with van der Waals surface area (Å²) >= 11 is 0. The van der Waals surface area contributed by atoms with E-state index in [1.807, 2.05) is 18.7 Å². The first-order chi connectivity index (χ1) is 15.9. The van der Waals surface area contributed by atoms with Crippen molar-refractivity contribution in [1.82, 2.24) is 15.1 Å². The molecule has 0 unspecified atom stereocenters. The lowest BCUT2D eigenvalue weighted by atomic mass is 9.83. The van der Waals surface area contributed by atoms with Crippen LogP contribution >= 0.6 is 0 Å². The number of piperidine rings is 1. The van der Waals surface area contributed by atoms with Crippen LogP contribution in [-0.4, -0.2) is 72.1 Å². The SMILES string of the molecule is CC[C@H](C)NC(=O)[C@@H]1COC2(CCN(C(=O)C3CCC3)CC2)N1C(=O)c1ccc(OC)cc1. The van der Waals surface area contributed by atoms with Crippen LogP contribution < -0.4 is 10.1 Å². The Balaban J connectivity index is 1.56. The first kappa shape index (κ1) is 23.5. The van der Waals surface area contributed by atoms with Crippen LogP contribution in [0.3, 0.4) is 0 Å². The first-order valence-corrected chi connectivity index (χ1v) is 12.1. The number of nitrogens with one attached hydrogen (secondary N) is 1. The Labute approximate surface area is 195 Å². The number of nitrogens with zero attached hydrogens (tertiary/aromatic N) is 2. The highest BCUT2D eigenvalue weighted by molar-refractivity contribution is 5.98. The summed E-state index contributed by atoms with van der Waals surface area (Å²) in [6.07, 6.45) is 4.86. The van der Waals surface area contributed by atoms with E-state index >= 15 is 0 Å². The molecule has 3 fully saturated rings. The van der Waals surface area contributed by atoms with Crippen molar-refractivity contribution >= 4 is 17.7 Å². The Bertz CT molecular complexity index is 875. The Morgan fingerprint density at radius 3 is 2.39 bits per heavy atom. The van der Waals surface area contributed by atoms with Crippen LogP contribution in [0.4, 0.5) is 0 Å². The summed E-state index contributed by atoms with van der Waals surface area (Å²) in [4.78, 5) is 43.1. The van der Waals surface area contributed by atoms with Gasteiger partial charge in [0.1, 0.15) is 17.5 Å². The molecule has 1 aliphatic carbocycles. The van der Waals surface area contributed by atoms with Crippen LogP contribution in [0.25, 0.3) is 0 Å². The molecule has 2 aliphatic heterocycles. The molecule has 180 valence electrons. The molecule has 33 heavy (non-hydrogen) atoms. The van der Waals surface area contributed by atoms with Crippen molar-refractivity contribution in [2.45, 2.75) is 70.2 Å². The highest BCUT2D eigenvalue weighted by Crippen LogP contribution is 2.40. The van der Waals surface area contributed by atoms with Gasteiger partial charge in [0.05, 0.1) is 13.7 Å². The molecule has 1 saturated carbocycles. The van der Waals surface area contributed by atoms with E-state index in [9.17, 15) is 14.4 Å². The van der Waals surface area contributed by atoms with Crippen molar-refractivity contribution in [1.29, 1.82) is 0 Å². The Morgan fingerprint density at radius 2 is 1.85 bits per heavy atom. The second-order valence-electron chi connectivity index (χ2n) is 9.45. The fourth-order valence-corrected chi connectivity index (χ4v) is 4.87. The van der Waals surface area contributed by atoms with Crippen LogP contribution in [0.15, 0.2) is 24.3 Å². The highest BCUT2D eigenvalue weighted by atomic mass is 16.5. The van der Waals surface area contributed by atoms with Crippen molar-refractivity contribution in [2.75, 3.05) is 26.8 Å². The standard InChI is InChI=1S/C25H35N3O5/c1-4-17(2)26-22(29)21-16-33-25(12-14-27(15-13-25)23(30)18-6-5-7-18)28(21)24(31)19-8-10-20(32-3)11-9-19/h8-11,17-18,21H,4-7,12-16H2,1-3H3,(H,26,29)/t17-,21-/m0/s1. The molecule has 1 aromatic carbocycles. The van der Waals surface area contributed by atoms with Gasteiger partial charge in [-0.2, -0.15) is 0 Å². The zero-order chi connectivity index (χ0) is 23.6. The normalized spacial score (nSPS) is 23.2. The van der Waals surface area contributed by atoms with E-state index in [0.29, 0.717) is 37.2 Å². The van der Waals surface area contributed by atoms with Gasteiger partial charge in [0.2, 0.25) is 11.8 Å². The van der Waals surface area contributed by atoms with Gasteiger partial charge in [-0.05, 0) is 50.5 Å². The van der Waals surface area contributed by atoms with E-state index in [4.69, 9.17) is 9.47 Å². The van der Waals surface area contributed by atoms with Crippen LogP contribution in [0.1, 0.15) is 62.7 Å². The quantitative estimate of drug-likeness (QED) is 0.709. The molecule has 3 amide bonds. The molecule has 2 saturated heterocycles. The second-order valence-corrected chi connectivity index (χ2v) is 9.45. The summed E-state index contributed by atoms with van der Waals surface area (Å²) in [7, 11) is 1.58. The third-order valence-electron chi connectivity index (χ3n) is 7.43. The number of rotatable bonds is 6. The highest BCUT2D eigenvalue weighted by Gasteiger charge is 2.54. The molecule has 1 aromatic rings. The number of carbonyl (C=O) groups is 3. The zero-order valence-electron chi connectivity index (χ0n) is 19.8. The number of amides is 3. The van der Waals surface area contributed by atoms with Crippen LogP contribution in [0.2, 0.25) is 0 Å². The first-order valence-electron chi connectivity index (χ1n) is 12.1. The number of ether oxygens (including phenoxy) is 2. The van der Waals surface area contributed by atoms with Gasteiger partial charge in [-0.1, -0.05) is 13.3 Å². The maximum Gasteiger partial charge on any atom is 0.256 e. The fourth-order valence-electron chi connectivity index (χ4n) is 4.87. The average molecular weight is 458 g/mol. The van der Waals surface area contributed by atoms with Crippen molar-refractivity contribution in [3.8, 4) is 5.75 Å². The summed E-state index contributed by atoms with van der Waals surface area (Å²) in [5.41, 5.74) is -0.403. The maximum absolute atomic E-state index is 13.7. The molecule has 0 aromatic heterocycles. The van der Waals surface area contributed by atoms with Gasteiger partial charge >= 0.3 is 0 Å². The summed E-state index contributed by atoms with van der Waals surface area (Å²) in [6, 6.07) is 6.21. The predicted molar refractivity (Wildman–Crippen MR) is 123 cm³/mol. The number of methoxy groups -OCH3 is 1. The van der Waals surface area contributed by atoms with E-state index in [2.05, 4.69) is 5.32 Å². The fraction of sp³-hybridized carbons (Fsp3) is 0.640. The minimum atomic E-state index is -0.884. The van der Waals surface area contributed by atoms with E-state index < -0.39 is 11.8 Å². The Morgan fingerprint density at radius 1 is 1.18 bits per heavy atom. The van der Waals surface area contributed by atoms with Crippen molar-refractivity contribution in [3.63, 3.8) is 0 Å². The lowest BCUT2D eigenvalue weighted by molar-refractivity contribution is -0.149. The number of hydrogen-bond donors (Lipinski definition) is 1. The van der Waals surface area contributed by atoms with E-state index in [0.717, 1.165) is 25.7 Å². The molecule has 1 spiro atoms. The molecule has 0 bridgehead atoms. The van der Waals surface area contributed by atoms with Crippen LogP contribution in [0, 0.1) is 5.92 Å². The molecule has 1 N–H and O–H groups in total. The van der Waals surface area contributed by atoms with Gasteiger partial charge in [0.15, 0.2) is 0 Å². The number of carbonyl (C=O) groups excluding carboxylic acids is 3. The molecule has 4 rings (SSSR count). The monoisotopic (exact) mass is 457 g/mol. The van der Waals surface area contributed by atoms with Gasteiger partial charge in [0.25, 0.3) is 5.91 Å². The van der Waals surface area contributed by atoms with Gasteiger partial charge in [-0.3, -0.25) is 19.3 Å². The van der Waals surface area contributed by atoms with Crippen LogP contribution in [-0.2, 0) is 14.3 Å². The lowest BCUT2D eigenvalue weighted by Crippen LogP contribution is -2.60. The van der Waals surface area contributed by atoms with E-state index in [1.165, 1.54) is 0 Å². The van der Waals surface area contributed by atoms with Gasteiger partial charge in [0, 0.05) is 43.5 Å². The number of benzene rings is 1. The molecule has 3 aliphatic rings. The maximum atomic E-state index is 13.7. The molecule has 8 heteroatoms. The second kappa shape index (κ2) is 9.71. The third kappa shape index (κ3) is 4.58. The van der Waals surface area contributed by atoms with Gasteiger partial charge < -0.3 is 19.7 Å². The average Bonchev–Trinajstić information content (AvgIpc) is 3.16. The number of hydrogen-bond acceptors (Lipinski definition) is 5. The van der Waals surface area contributed by atoms with Crippen LogP contribution in [0.5, 0.6) is 5.75 Å². The summed E-state index contributed by atoms with van der Waals surface area (Å²) < 4.78 is 11.5. The minimum Gasteiger partial charge on any atom is -0.497 e. The topological polar surface area (TPSA) is 88.2 Å². The van der Waals surface area contributed by atoms with Crippen molar-refractivity contribution in [3.05, 3.63) is 29.8 Å². The van der Waals surface area contributed by atoms with E-state index in [-0.39, 0.29) is 36.3 Å². The van der Waals surface area contributed by atoms with E-state index in [1.54, 1.807) is 36.3 Å². The number of likely N-dealkylation sites (tertiary alicyclic amines) is 1. The Kier molecular flexibility index (Phi) is 6.93. The molecular formula is C25H35N3O5. The largest absolute Gasteiger partial charge is 0.497 e. The van der Waals surface area contributed by atoms with Crippen molar-refractivity contribution < 1.29 is 23.9 Å². The molecule has 8 nitrogen and oxygen atoms in total. The molecule has 2 atom stereocenters. The summed E-state index contributed by atoms with van der Waals surface area (Å²) in [5.74, 6) is 0.588. The smallest absolute Gasteiger partial charge is 0.256 e. The summed E-state index contributed by atoms with van der Waals surface area (Å²) in [6.45, 7) is 5.17.